The van der Waals surface area contributed by atoms with E-state index in [9.17, 15) is 9.18 Å². The van der Waals surface area contributed by atoms with Crippen molar-refractivity contribution in [2.45, 2.75) is 0 Å². The molecule has 0 heterocycles. The van der Waals surface area contributed by atoms with Crippen molar-refractivity contribution in [1.82, 2.24) is 4.90 Å². The normalized spacial score (nSPS) is 10.3. The van der Waals surface area contributed by atoms with Crippen molar-refractivity contribution in [1.29, 1.82) is 0 Å². The van der Waals surface area contributed by atoms with Crippen LogP contribution in [0.4, 0.5) is 10.1 Å². The summed E-state index contributed by atoms with van der Waals surface area (Å²) in [5, 5.41) is 0.124. The Balaban J connectivity index is 2.35. The summed E-state index contributed by atoms with van der Waals surface area (Å²) in [5.74, 6) is -0.0858. The number of hydrogen-bond acceptors (Lipinski definition) is 3. The van der Waals surface area contributed by atoms with Crippen LogP contribution in [0, 0.1) is 5.82 Å². The number of nitrogens with zero attached hydrogens (tertiary/aromatic N) is 1. The lowest BCUT2D eigenvalue weighted by Gasteiger charge is -2.14. The maximum absolute atomic E-state index is 13.0. The van der Waals surface area contributed by atoms with E-state index in [1.165, 1.54) is 23.1 Å². The molecule has 0 aromatic heterocycles. The standard InChI is InChI=1S/C15H14ClFN2O2/c1-19(2)15(20)9-3-5-12(18)14(7-9)21-13-6-4-10(17)8-11(13)16/h3-8H,18H2,1-2H3. The molecule has 0 atom stereocenters. The average molecular weight is 309 g/mol. The average Bonchev–Trinajstić information content (AvgIpc) is 2.43. The number of benzene rings is 2. The van der Waals surface area contributed by atoms with Crippen molar-refractivity contribution in [2.24, 2.45) is 0 Å². The van der Waals surface area contributed by atoms with Crippen molar-refractivity contribution in [3.05, 3.63) is 52.8 Å². The number of ether oxygens (including phenoxy) is 1. The molecule has 0 radical (unpaired) electrons. The second kappa shape index (κ2) is 6.01. The number of nitrogens with two attached hydrogens (primary N) is 1. The third-order valence-corrected chi connectivity index (χ3v) is 3.08. The molecule has 0 unspecified atom stereocenters. The molecule has 2 aromatic rings. The molecular weight excluding hydrogens is 295 g/mol. The van der Waals surface area contributed by atoms with Crippen molar-refractivity contribution < 1.29 is 13.9 Å². The van der Waals surface area contributed by atoms with Crippen LogP contribution in [0.15, 0.2) is 36.4 Å². The number of anilines is 1. The number of halogens is 2. The summed E-state index contributed by atoms with van der Waals surface area (Å²) in [6.45, 7) is 0. The molecule has 0 bridgehead atoms. The molecule has 0 aliphatic carbocycles. The Morgan fingerprint density at radius 3 is 2.52 bits per heavy atom. The van der Waals surface area contributed by atoms with E-state index in [4.69, 9.17) is 22.1 Å². The minimum atomic E-state index is -0.461. The molecule has 21 heavy (non-hydrogen) atoms. The third-order valence-electron chi connectivity index (χ3n) is 2.78. The van der Waals surface area contributed by atoms with Gasteiger partial charge in [-0.15, -0.1) is 0 Å². The summed E-state index contributed by atoms with van der Waals surface area (Å²) in [4.78, 5) is 13.4. The number of nitrogen functional groups attached to an aromatic ring is 1. The highest BCUT2D eigenvalue weighted by atomic mass is 35.5. The first-order chi connectivity index (χ1) is 9.88. The van der Waals surface area contributed by atoms with Gasteiger partial charge in [-0.05, 0) is 36.4 Å². The van der Waals surface area contributed by atoms with Gasteiger partial charge in [0.25, 0.3) is 5.91 Å². The maximum Gasteiger partial charge on any atom is 0.253 e. The maximum atomic E-state index is 13.0. The molecule has 2 aromatic carbocycles. The molecule has 0 fully saturated rings. The highest BCUT2D eigenvalue weighted by Gasteiger charge is 2.13. The lowest BCUT2D eigenvalue weighted by atomic mass is 10.1. The molecule has 6 heteroatoms. The van der Waals surface area contributed by atoms with Gasteiger partial charge in [-0.3, -0.25) is 4.79 Å². The third kappa shape index (κ3) is 3.44. The monoisotopic (exact) mass is 308 g/mol. The van der Waals surface area contributed by atoms with Crippen molar-refractivity contribution in [3.63, 3.8) is 0 Å². The van der Waals surface area contributed by atoms with Crippen molar-refractivity contribution >= 4 is 23.2 Å². The van der Waals surface area contributed by atoms with Gasteiger partial charge >= 0.3 is 0 Å². The number of rotatable bonds is 3. The molecule has 0 aliphatic rings. The number of amides is 1. The fourth-order valence-corrected chi connectivity index (χ4v) is 1.90. The Morgan fingerprint density at radius 1 is 1.19 bits per heavy atom. The summed E-state index contributed by atoms with van der Waals surface area (Å²) in [7, 11) is 3.30. The fraction of sp³-hybridized carbons (Fsp3) is 0.133. The highest BCUT2D eigenvalue weighted by Crippen LogP contribution is 2.33. The van der Waals surface area contributed by atoms with Gasteiger partial charge < -0.3 is 15.4 Å². The van der Waals surface area contributed by atoms with E-state index in [1.807, 2.05) is 0 Å². The quantitative estimate of drug-likeness (QED) is 0.882. The number of hydrogen-bond donors (Lipinski definition) is 1. The zero-order chi connectivity index (χ0) is 15.6. The Morgan fingerprint density at radius 2 is 1.90 bits per heavy atom. The van der Waals surface area contributed by atoms with Crippen LogP contribution in [0.25, 0.3) is 0 Å². The van der Waals surface area contributed by atoms with Gasteiger partial charge in [0.1, 0.15) is 11.6 Å². The predicted molar refractivity (Wildman–Crippen MR) is 80.4 cm³/mol. The lowest BCUT2D eigenvalue weighted by Crippen LogP contribution is -2.21. The van der Waals surface area contributed by atoms with E-state index >= 15 is 0 Å². The second-order valence-electron chi connectivity index (χ2n) is 4.63. The van der Waals surface area contributed by atoms with Gasteiger partial charge in [0.15, 0.2) is 5.75 Å². The van der Waals surface area contributed by atoms with Gasteiger partial charge in [-0.1, -0.05) is 11.6 Å². The molecule has 0 saturated heterocycles. The molecule has 0 aliphatic heterocycles. The van der Waals surface area contributed by atoms with Crippen LogP contribution in [0.1, 0.15) is 10.4 Å². The smallest absolute Gasteiger partial charge is 0.253 e. The Hall–Kier alpha value is -2.27. The fourth-order valence-electron chi connectivity index (χ4n) is 1.69. The van der Waals surface area contributed by atoms with Gasteiger partial charge in [-0.2, -0.15) is 0 Å². The molecule has 2 rings (SSSR count). The molecule has 4 nitrogen and oxygen atoms in total. The van der Waals surface area contributed by atoms with Gasteiger partial charge in [-0.25, -0.2) is 4.39 Å². The van der Waals surface area contributed by atoms with Crippen LogP contribution in [0.2, 0.25) is 5.02 Å². The topological polar surface area (TPSA) is 55.6 Å². The van der Waals surface area contributed by atoms with E-state index in [2.05, 4.69) is 0 Å². The van der Waals surface area contributed by atoms with Crippen LogP contribution < -0.4 is 10.5 Å². The molecule has 2 N–H and O–H groups in total. The predicted octanol–water partition coefficient (Wildman–Crippen LogP) is 3.56. The van der Waals surface area contributed by atoms with E-state index in [0.29, 0.717) is 11.3 Å². The SMILES string of the molecule is CN(C)C(=O)c1ccc(N)c(Oc2ccc(F)cc2Cl)c1. The summed E-state index contributed by atoms with van der Waals surface area (Å²) >= 11 is 5.90. The first-order valence-electron chi connectivity index (χ1n) is 6.12. The van der Waals surface area contributed by atoms with E-state index in [1.54, 1.807) is 26.2 Å². The lowest BCUT2D eigenvalue weighted by molar-refractivity contribution is 0.0827. The second-order valence-corrected chi connectivity index (χ2v) is 5.04. The molecule has 0 saturated carbocycles. The van der Waals surface area contributed by atoms with E-state index in [0.717, 1.165) is 6.07 Å². The van der Waals surface area contributed by atoms with Crippen LogP contribution in [0.3, 0.4) is 0 Å². The van der Waals surface area contributed by atoms with Crippen molar-refractivity contribution in [2.75, 3.05) is 19.8 Å². The minimum absolute atomic E-state index is 0.124. The van der Waals surface area contributed by atoms with Crippen LogP contribution >= 0.6 is 11.6 Å². The van der Waals surface area contributed by atoms with Crippen molar-refractivity contribution in [3.8, 4) is 11.5 Å². The first-order valence-corrected chi connectivity index (χ1v) is 6.50. The summed E-state index contributed by atoms with van der Waals surface area (Å²) in [6, 6.07) is 8.48. The van der Waals surface area contributed by atoms with Gasteiger partial charge in [0.2, 0.25) is 0 Å². The first kappa shape index (κ1) is 15.1. The van der Waals surface area contributed by atoms with E-state index < -0.39 is 5.82 Å². The number of carbonyl (C=O) groups is 1. The zero-order valence-corrected chi connectivity index (χ0v) is 12.3. The zero-order valence-electron chi connectivity index (χ0n) is 11.6. The Kier molecular flexibility index (Phi) is 4.33. The summed E-state index contributed by atoms with van der Waals surface area (Å²) in [6.07, 6.45) is 0. The van der Waals surface area contributed by atoms with Gasteiger partial charge in [0.05, 0.1) is 10.7 Å². The Labute approximate surface area is 126 Å². The molecular formula is C15H14ClFN2O2. The largest absolute Gasteiger partial charge is 0.454 e. The van der Waals surface area contributed by atoms with Crippen LogP contribution in [-0.2, 0) is 0 Å². The van der Waals surface area contributed by atoms with Crippen LogP contribution in [0.5, 0.6) is 11.5 Å². The molecule has 0 spiro atoms. The van der Waals surface area contributed by atoms with Gasteiger partial charge in [0, 0.05) is 19.7 Å². The summed E-state index contributed by atoms with van der Waals surface area (Å²) in [5.41, 5.74) is 6.61. The highest BCUT2D eigenvalue weighted by molar-refractivity contribution is 6.32. The number of carbonyl (C=O) groups excluding carboxylic acids is 1. The molecule has 1 amide bonds. The minimum Gasteiger partial charge on any atom is -0.454 e. The molecule has 110 valence electrons. The Bertz CT molecular complexity index is 689. The van der Waals surface area contributed by atoms with Crippen LogP contribution in [-0.4, -0.2) is 24.9 Å². The summed E-state index contributed by atoms with van der Waals surface area (Å²) < 4.78 is 18.6. The van der Waals surface area contributed by atoms with E-state index in [-0.39, 0.29) is 22.4 Å².